The lowest BCUT2D eigenvalue weighted by Crippen LogP contribution is -2.50. The first kappa shape index (κ1) is 25.5. The van der Waals surface area contributed by atoms with E-state index in [4.69, 9.17) is 0 Å². The van der Waals surface area contributed by atoms with Crippen molar-refractivity contribution < 1.29 is 14.5 Å². The zero-order valence-corrected chi connectivity index (χ0v) is 20.4. The lowest BCUT2D eigenvalue weighted by Gasteiger charge is -2.29. The van der Waals surface area contributed by atoms with Crippen LogP contribution in [0.1, 0.15) is 55.3 Å². The van der Waals surface area contributed by atoms with E-state index in [0.29, 0.717) is 19.5 Å². The SMILES string of the molecule is CSCCC(NC(=O)c1cccc([N+](=O)[O-])c1)C(=O)N1CCCN(CC2CCCCC2)CC1. The molecule has 1 aromatic carbocycles. The van der Waals surface area contributed by atoms with E-state index in [1.807, 2.05) is 11.2 Å². The molecule has 1 saturated heterocycles. The van der Waals surface area contributed by atoms with Crippen molar-refractivity contribution in [2.45, 2.75) is 51.0 Å². The molecule has 1 saturated carbocycles. The highest BCUT2D eigenvalue weighted by molar-refractivity contribution is 7.98. The van der Waals surface area contributed by atoms with Crippen molar-refractivity contribution in [3.63, 3.8) is 0 Å². The summed E-state index contributed by atoms with van der Waals surface area (Å²) in [5, 5.41) is 13.9. The topological polar surface area (TPSA) is 95.8 Å². The first-order valence-corrected chi connectivity index (χ1v) is 13.4. The number of nitro benzene ring substituents is 1. The molecule has 8 nitrogen and oxygen atoms in total. The molecule has 0 aromatic heterocycles. The van der Waals surface area contributed by atoms with Crippen molar-refractivity contribution in [3.8, 4) is 0 Å². The second-order valence-corrected chi connectivity index (χ2v) is 10.1. The van der Waals surface area contributed by atoms with E-state index in [1.165, 1.54) is 56.4 Å². The zero-order chi connectivity index (χ0) is 23.6. The standard InChI is InChI=1S/C24H36N4O4S/c1-33-16-11-22(25-23(29)20-9-5-10-21(17-20)28(31)32)24(30)27-13-6-12-26(14-15-27)18-19-7-3-2-4-8-19/h5,9-10,17,19,22H,2-4,6-8,11-16,18H2,1H3,(H,25,29). The van der Waals surface area contributed by atoms with Crippen LogP contribution in [-0.4, -0.2) is 77.3 Å². The molecule has 3 rings (SSSR count). The fourth-order valence-electron chi connectivity index (χ4n) is 4.82. The second kappa shape index (κ2) is 12.9. The molecule has 182 valence electrons. The van der Waals surface area contributed by atoms with Gasteiger partial charge in [-0.25, -0.2) is 0 Å². The molecule has 2 aliphatic rings. The van der Waals surface area contributed by atoms with Crippen molar-refractivity contribution in [3.05, 3.63) is 39.9 Å². The van der Waals surface area contributed by atoms with Crippen molar-refractivity contribution in [2.75, 3.05) is 44.7 Å². The van der Waals surface area contributed by atoms with Crippen LogP contribution < -0.4 is 5.32 Å². The van der Waals surface area contributed by atoms with Gasteiger partial charge in [-0.3, -0.25) is 19.7 Å². The third-order valence-electron chi connectivity index (χ3n) is 6.67. The van der Waals surface area contributed by atoms with Crippen LogP contribution in [0.2, 0.25) is 0 Å². The summed E-state index contributed by atoms with van der Waals surface area (Å²) in [5.74, 6) is 1.02. The quantitative estimate of drug-likeness (QED) is 0.432. The van der Waals surface area contributed by atoms with Gasteiger partial charge < -0.3 is 15.1 Å². The number of non-ortho nitro benzene ring substituents is 1. The Morgan fingerprint density at radius 2 is 1.94 bits per heavy atom. The van der Waals surface area contributed by atoms with Crippen LogP contribution in [0.4, 0.5) is 5.69 Å². The van der Waals surface area contributed by atoms with Crippen LogP contribution in [0, 0.1) is 16.0 Å². The molecule has 1 atom stereocenters. The summed E-state index contributed by atoms with van der Waals surface area (Å²) in [6.45, 7) is 4.38. The Morgan fingerprint density at radius 1 is 1.15 bits per heavy atom. The molecule has 0 radical (unpaired) electrons. The lowest BCUT2D eigenvalue weighted by atomic mass is 9.89. The summed E-state index contributed by atoms with van der Waals surface area (Å²) in [6.07, 6.45) is 10.1. The van der Waals surface area contributed by atoms with E-state index in [-0.39, 0.29) is 17.2 Å². The van der Waals surface area contributed by atoms with E-state index in [2.05, 4.69) is 10.2 Å². The van der Waals surface area contributed by atoms with Crippen LogP contribution in [-0.2, 0) is 4.79 Å². The van der Waals surface area contributed by atoms with Crippen LogP contribution >= 0.6 is 11.8 Å². The van der Waals surface area contributed by atoms with E-state index < -0.39 is 16.9 Å². The molecule has 2 fully saturated rings. The van der Waals surface area contributed by atoms with E-state index in [1.54, 1.807) is 11.8 Å². The van der Waals surface area contributed by atoms with Crippen molar-refractivity contribution in [1.82, 2.24) is 15.1 Å². The minimum atomic E-state index is -0.630. The highest BCUT2D eigenvalue weighted by Crippen LogP contribution is 2.25. The van der Waals surface area contributed by atoms with E-state index in [9.17, 15) is 19.7 Å². The number of rotatable bonds is 9. The van der Waals surface area contributed by atoms with Crippen LogP contribution in [0.5, 0.6) is 0 Å². The molecule has 1 aliphatic heterocycles. The van der Waals surface area contributed by atoms with Crippen molar-refractivity contribution >= 4 is 29.3 Å². The molecule has 9 heteroatoms. The number of amides is 2. The average molecular weight is 477 g/mol. The van der Waals surface area contributed by atoms with Gasteiger partial charge >= 0.3 is 0 Å². The van der Waals surface area contributed by atoms with Gasteiger partial charge in [0.05, 0.1) is 4.92 Å². The summed E-state index contributed by atoms with van der Waals surface area (Å²) in [7, 11) is 0. The van der Waals surface area contributed by atoms with Crippen molar-refractivity contribution in [1.29, 1.82) is 0 Å². The normalized spacial score (nSPS) is 19.0. The molecule has 0 spiro atoms. The first-order chi connectivity index (χ1) is 16.0. The maximum absolute atomic E-state index is 13.4. The molecule has 1 aromatic rings. The van der Waals surface area contributed by atoms with Gasteiger partial charge in [-0.2, -0.15) is 11.8 Å². The number of nitro groups is 1. The molecule has 33 heavy (non-hydrogen) atoms. The third kappa shape index (κ3) is 7.71. The average Bonchev–Trinajstić information content (AvgIpc) is 3.07. The molecule has 2 amide bonds. The molecular weight excluding hydrogens is 440 g/mol. The van der Waals surface area contributed by atoms with Gasteiger partial charge in [0.1, 0.15) is 6.04 Å². The fraction of sp³-hybridized carbons (Fsp3) is 0.667. The van der Waals surface area contributed by atoms with Crippen LogP contribution in [0.25, 0.3) is 0 Å². The molecule has 1 aliphatic carbocycles. The zero-order valence-electron chi connectivity index (χ0n) is 19.5. The van der Waals surface area contributed by atoms with Gasteiger partial charge in [0.25, 0.3) is 11.6 Å². The molecule has 1 heterocycles. The minimum absolute atomic E-state index is 0.0534. The monoisotopic (exact) mass is 476 g/mol. The predicted molar refractivity (Wildman–Crippen MR) is 132 cm³/mol. The number of nitrogens with zero attached hydrogens (tertiary/aromatic N) is 3. The van der Waals surface area contributed by atoms with Crippen LogP contribution in [0.3, 0.4) is 0 Å². The number of carbonyl (C=O) groups excluding carboxylic acids is 2. The molecular formula is C24H36N4O4S. The minimum Gasteiger partial charge on any atom is -0.340 e. The lowest BCUT2D eigenvalue weighted by molar-refractivity contribution is -0.384. The Morgan fingerprint density at radius 3 is 2.67 bits per heavy atom. The maximum Gasteiger partial charge on any atom is 0.270 e. The van der Waals surface area contributed by atoms with Crippen LogP contribution in [0.15, 0.2) is 24.3 Å². The molecule has 0 bridgehead atoms. The number of hydrogen-bond acceptors (Lipinski definition) is 6. The molecule has 1 N–H and O–H groups in total. The highest BCUT2D eigenvalue weighted by atomic mass is 32.2. The summed E-state index contributed by atoms with van der Waals surface area (Å²) in [4.78, 5) is 41.1. The van der Waals surface area contributed by atoms with Gasteiger partial charge in [-0.15, -0.1) is 0 Å². The number of hydrogen-bond donors (Lipinski definition) is 1. The Hall–Kier alpha value is -2.13. The Balaban J connectivity index is 1.60. The summed E-state index contributed by atoms with van der Waals surface area (Å²) >= 11 is 1.63. The van der Waals surface area contributed by atoms with Gasteiger partial charge in [-0.1, -0.05) is 25.3 Å². The summed E-state index contributed by atoms with van der Waals surface area (Å²) in [5.41, 5.74) is 0.0564. The third-order valence-corrected chi connectivity index (χ3v) is 7.32. The number of benzene rings is 1. The predicted octanol–water partition coefficient (Wildman–Crippen LogP) is 3.56. The van der Waals surface area contributed by atoms with Gasteiger partial charge in [-0.05, 0) is 56.2 Å². The van der Waals surface area contributed by atoms with Gasteiger partial charge in [0.2, 0.25) is 5.91 Å². The number of thioether (sulfide) groups is 1. The second-order valence-electron chi connectivity index (χ2n) is 9.10. The Bertz CT molecular complexity index is 815. The van der Waals surface area contributed by atoms with E-state index in [0.717, 1.165) is 37.7 Å². The van der Waals surface area contributed by atoms with Crippen molar-refractivity contribution in [2.24, 2.45) is 5.92 Å². The smallest absolute Gasteiger partial charge is 0.270 e. The largest absolute Gasteiger partial charge is 0.340 e. The summed E-state index contributed by atoms with van der Waals surface area (Å²) < 4.78 is 0. The fourth-order valence-corrected chi connectivity index (χ4v) is 5.30. The molecule has 1 unspecified atom stereocenters. The van der Waals surface area contributed by atoms with Gasteiger partial charge in [0, 0.05) is 43.9 Å². The highest BCUT2D eigenvalue weighted by Gasteiger charge is 2.28. The number of carbonyl (C=O) groups is 2. The maximum atomic E-state index is 13.4. The Kier molecular flexibility index (Phi) is 9.99. The Labute approximate surface area is 200 Å². The number of nitrogens with one attached hydrogen (secondary N) is 1. The summed E-state index contributed by atoms with van der Waals surface area (Å²) in [6, 6.07) is 4.99. The van der Waals surface area contributed by atoms with Gasteiger partial charge in [0.15, 0.2) is 0 Å². The van der Waals surface area contributed by atoms with E-state index >= 15 is 0 Å². The first-order valence-electron chi connectivity index (χ1n) is 12.0.